The number of phenols is 1. The minimum Gasteiger partial charge on any atom is -0.506 e. The lowest BCUT2D eigenvalue weighted by Gasteiger charge is -2.32. The molecular weight excluding hydrogens is 236 g/mol. The number of nitrogens with one attached hydrogen (secondary N) is 1. The van der Waals surface area contributed by atoms with E-state index in [1.165, 1.54) is 0 Å². The van der Waals surface area contributed by atoms with Crippen LogP contribution in [0.25, 0.3) is 0 Å². The van der Waals surface area contributed by atoms with Gasteiger partial charge < -0.3 is 15.3 Å². The number of aromatic hydroxyl groups is 1. The summed E-state index contributed by atoms with van der Waals surface area (Å²) >= 11 is 5.85. The SMILES string of the molecule is CN(C)C(C)(C)CNCc1cccc(Cl)c1O. The third kappa shape index (κ3) is 3.87. The van der Waals surface area contributed by atoms with Gasteiger partial charge in [-0.3, -0.25) is 0 Å². The van der Waals surface area contributed by atoms with Gasteiger partial charge in [-0.2, -0.15) is 0 Å². The van der Waals surface area contributed by atoms with Crippen molar-refractivity contribution in [2.24, 2.45) is 0 Å². The standard InChI is InChI=1S/C13H21ClN2O/c1-13(2,16(3)4)9-15-8-10-6-5-7-11(14)12(10)17/h5-7,15,17H,8-9H2,1-4H3. The predicted molar refractivity (Wildman–Crippen MR) is 72.6 cm³/mol. The van der Waals surface area contributed by atoms with Gasteiger partial charge in [0, 0.05) is 24.2 Å². The lowest BCUT2D eigenvalue weighted by atomic mass is 10.0. The Kier molecular flexibility index (Phi) is 4.80. The maximum absolute atomic E-state index is 9.75. The molecule has 0 aromatic heterocycles. The van der Waals surface area contributed by atoms with E-state index in [2.05, 4.69) is 38.2 Å². The van der Waals surface area contributed by atoms with Gasteiger partial charge in [0.1, 0.15) is 5.75 Å². The van der Waals surface area contributed by atoms with Gasteiger partial charge in [0.2, 0.25) is 0 Å². The van der Waals surface area contributed by atoms with Crippen molar-refractivity contribution in [1.82, 2.24) is 10.2 Å². The van der Waals surface area contributed by atoms with Gasteiger partial charge in [-0.15, -0.1) is 0 Å². The van der Waals surface area contributed by atoms with Crippen molar-refractivity contribution in [3.63, 3.8) is 0 Å². The van der Waals surface area contributed by atoms with Crippen LogP contribution >= 0.6 is 11.6 Å². The number of rotatable bonds is 5. The van der Waals surface area contributed by atoms with Crippen LogP contribution in [0.3, 0.4) is 0 Å². The van der Waals surface area contributed by atoms with Crippen molar-refractivity contribution in [2.75, 3.05) is 20.6 Å². The number of phenolic OH excluding ortho intramolecular Hbond substituents is 1. The van der Waals surface area contributed by atoms with Crippen molar-refractivity contribution in [1.29, 1.82) is 0 Å². The van der Waals surface area contributed by atoms with Gasteiger partial charge in [0.25, 0.3) is 0 Å². The van der Waals surface area contributed by atoms with Gasteiger partial charge in [0.05, 0.1) is 5.02 Å². The molecule has 4 heteroatoms. The number of halogens is 1. The lowest BCUT2D eigenvalue weighted by Crippen LogP contribution is -2.46. The summed E-state index contributed by atoms with van der Waals surface area (Å²) in [6.07, 6.45) is 0. The molecule has 1 aromatic carbocycles. The zero-order valence-electron chi connectivity index (χ0n) is 10.9. The van der Waals surface area contributed by atoms with Crippen molar-refractivity contribution >= 4 is 11.6 Å². The van der Waals surface area contributed by atoms with Crippen molar-refractivity contribution < 1.29 is 5.11 Å². The molecule has 0 aliphatic rings. The fourth-order valence-electron chi connectivity index (χ4n) is 1.36. The van der Waals surface area contributed by atoms with Gasteiger partial charge in [-0.25, -0.2) is 0 Å². The molecule has 0 heterocycles. The first-order valence-corrected chi connectivity index (χ1v) is 6.07. The van der Waals surface area contributed by atoms with E-state index < -0.39 is 0 Å². The van der Waals surface area contributed by atoms with Crippen LogP contribution in [0.15, 0.2) is 18.2 Å². The molecule has 0 amide bonds. The number of hydrogen-bond donors (Lipinski definition) is 2. The van der Waals surface area contributed by atoms with Crippen molar-refractivity contribution in [3.05, 3.63) is 28.8 Å². The Morgan fingerprint density at radius 2 is 2.00 bits per heavy atom. The van der Waals surface area contributed by atoms with Crippen LogP contribution in [0.2, 0.25) is 5.02 Å². The molecule has 0 fully saturated rings. The molecule has 2 N–H and O–H groups in total. The van der Waals surface area contributed by atoms with Crippen LogP contribution in [0.4, 0.5) is 0 Å². The van der Waals surface area contributed by atoms with Crippen molar-refractivity contribution in [2.45, 2.75) is 25.9 Å². The molecule has 0 aliphatic carbocycles. The second kappa shape index (κ2) is 5.71. The lowest BCUT2D eigenvalue weighted by molar-refractivity contribution is 0.189. The molecular formula is C13H21ClN2O. The van der Waals surface area contributed by atoms with E-state index in [1.807, 2.05) is 12.1 Å². The fourth-order valence-corrected chi connectivity index (χ4v) is 1.56. The summed E-state index contributed by atoms with van der Waals surface area (Å²) in [5.41, 5.74) is 0.904. The molecule has 0 unspecified atom stereocenters. The highest BCUT2D eigenvalue weighted by molar-refractivity contribution is 6.32. The second-order valence-corrected chi connectivity index (χ2v) is 5.47. The maximum atomic E-state index is 9.75. The predicted octanol–water partition coefficient (Wildman–Crippen LogP) is 2.48. The highest BCUT2D eigenvalue weighted by atomic mass is 35.5. The molecule has 1 rings (SSSR count). The van der Waals surface area contributed by atoms with E-state index in [0.717, 1.165) is 12.1 Å². The van der Waals surface area contributed by atoms with Crippen LogP contribution < -0.4 is 5.32 Å². The Morgan fingerprint density at radius 3 is 2.59 bits per heavy atom. The number of para-hydroxylation sites is 1. The topological polar surface area (TPSA) is 35.5 Å². The molecule has 0 saturated carbocycles. The molecule has 0 spiro atoms. The third-order valence-corrected chi connectivity index (χ3v) is 3.46. The molecule has 3 nitrogen and oxygen atoms in total. The fraction of sp³-hybridized carbons (Fsp3) is 0.538. The second-order valence-electron chi connectivity index (χ2n) is 5.06. The molecule has 0 radical (unpaired) electrons. The Hall–Kier alpha value is -0.770. The largest absolute Gasteiger partial charge is 0.506 e. The van der Waals surface area contributed by atoms with E-state index in [0.29, 0.717) is 11.6 Å². The summed E-state index contributed by atoms with van der Waals surface area (Å²) < 4.78 is 0. The molecule has 96 valence electrons. The Balaban J connectivity index is 2.55. The number of benzene rings is 1. The summed E-state index contributed by atoms with van der Waals surface area (Å²) in [6.45, 7) is 5.78. The van der Waals surface area contributed by atoms with E-state index in [9.17, 15) is 5.11 Å². The third-order valence-electron chi connectivity index (χ3n) is 3.15. The van der Waals surface area contributed by atoms with Gasteiger partial charge in [-0.05, 0) is 34.0 Å². The average molecular weight is 257 g/mol. The number of nitrogens with zero attached hydrogens (tertiary/aromatic N) is 1. The number of hydrogen-bond acceptors (Lipinski definition) is 3. The Labute approximate surface area is 108 Å². The summed E-state index contributed by atoms with van der Waals surface area (Å²) in [5, 5.41) is 13.5. The van der Waals surface area contributed by atoms with Crippen LogP contribution in [-0.2, 0) is 6.54 Å². The van der Waals surface area contributed by atoms with E-state index in [4.69, 9.17) is 11.6 Å². The first-order chi connectivity index (χ1) is 7.84. The smallest absolute Gasteiger partial charge is 0.138 e. The van der Waals surface area contributed by atoms with E-state index in [-0.39, 0.29) is 11.3 Å². The summed E-state index contributed by atoms with van der Waals surface area (Å²) in [5.74, 6) is 0.171. The molecule has 0 aliphatic heterocycles. The van der Waals surface area contributed by atoms with Crippen LogP contribution in [0.5, 0.6) is 5.75 Å². The number of likely N-dealkylation sites (N-methyl/N-ethyl adjacent to an activating group) is 1. The quantitative estimate of drug-likeness (QED) is 0.850. The molecule has 1 aromatic rings. The summed E-state index contributed by atoms with van der Waals surface area (Å²) in [4.78, 5) is 2.16. The zero-order chi connectivity index (χ0) is 13.1. The highest BCUT2D eigenvalue weighted by Crippen LogP contribution is 2.26. The van der Waals surface area contributed by atoms with Gasteiger partial charge in [0.15, 0.2) is 0 Å². The Morgan fingerprint density at radius 1 is 1.35 bits per heavy atom. The van der Waals surface area contributed by atoms with Crippen molar-refractivity contribution in [3.8, 4) is 5.75 Å². The van der Waals surface area contributed by atoms with Crippen LogP contribution in [0, 0.1) is 0 Å². The minimum absolute atomic E-state index is 0.0776. The first kappa shape index (κ1) is 14.3. The Bertz CT molecular complexity index is 378. The molecule has 17 heavy (non-hydrogen) atoms. The first-order valence-electron chi connectivity index (χ1n) is 5.69. The molecule has 0 bridgehead atoms. The normalized spacial score (nSPS) is 12.1. The monoisotopic (exact) mass is 256 g/mol. The van der Waals surface area contributed by atoms with Crippen LogP contribution in [0.1, 0.15) is 19.4 Å². The zero-order valence-corrected chi connectivity index (χ0v) is 11.7. The van der Waals surface area contributed by atoms with Crippen LogP contribution in [-0.4, -0.2) is 36.2 Å². The van der Waals surface area contributed by atoms with Gasteiger partial charge in [-0.1, -0.05) is 23.7 Å². The summed E-state index contributed by atoms with van der Waals surface area (Å²) in [6, 6.07) is 5.40. The average Bonchev–Trinajstić information content (AvgIpc) is 2.24. The highest BCUT2D eigenvalue weighted by Gasteiger charge is 2.19. The van der Waals surface area contributed by atoms with E-state index in [1.54, 1.807) is 6.07 Å². The minimum atomic E-state index is 0.0776. The molecule has 0 saturated heterocycles. The van der Waals surface area contributed by atoms with E-state index >= 15 is 0 Å². The summed E-state index contributed by atoms with van der Waals surface area (Å²) in [7, 11) is 4.11. The maximum Gasteiger partial charge on any atom is 0.138 e. The van der Waals surface area contributed by atoms with Gasteiger partial charge >= 0.3 is 0 Å². The molecule has 0 atom stereocenters.